The molecule has 0 aromatic carbocycles. The van der Waals surface area contributed by atoms with E-state index in [0.29, 0.717) is 13.0 Å². The topological polar surface area (TPSA) is 95.9 Å². The van der Waals surface area contributed by atoms with E-state index < -0.39 is 17.9 Å². The Morgan fingerprint density at radius 1 is 1.44 bits per heavy atom. The van der Waals surface area contributed by atoms with Crippen LogP contribution in [0.25, 0.3) is 0 Å². The number of carbonyl (C=O) groups is 3. The molecule has 1 saturated heterocycles. The second-order valence-corrected chi connectivity index (χ2v) is 4.23. The van der Waals surface area contributed by atoms with Gasteiger partial charge in [-0.15, -0.1) is 0 Å². The van der Waals surface area contributed by atoms with E-state index in [1.54, 1.807) is 6.92 Å². The lowest BCUT2D eigenvalue weighted by molar-refractivity contribution is -0.142. The van der Waals surface area contributed by atoms with Crippen molar-refractivity contribution in [2.45, 2.75) is 25.8 Å². The Balaban J connectivity index is 2.39. The van der Waals surface area contributed by atoms with Crippen molar-refractivity contribution in [1.29, 1.82) is 0 Å². The number of carbonyl (C=O) groups excluding carboxylic acids is 2. The summed E-state index contributed by atoms with van der Waals surface area (Å²) >= 11 is 0. The lowest BCUT2D eigenvalue weighted by Gasteiger charge is -2.23. The summed E-state index contributed by atoms with van der Waals surface area (Å²) in [6.07, 6.45) is 0.563. The molecule has 7 heteroatoms. The van der Waals surface area contributed by atoms with Crippen molar-refractivity contribution in [1.82, 2.24) is 10.2 Å². The van der Waals surface area contributed by atoms with E-state index in [0.717, 1.165) is 0 Å². The average Bonchev–Trinajstić information content (AvgIpc) is 2.70. The van der Waals surface area contributed by atoms with Gasteiger partial charge >= 0.3 is 18.0 Å². The number of ether oxygens (including phenoxy) is 1. The highest BCUT2D eigenvalue weighted by molar-refractivity contribution is 5.78. The number of hydrogen-bond acceptors (Lipinski definition) is 4. The first-order chi connectivity index (χ1) is 8.47. The number of amides is 2. The van der Waals surface area contributed by atoms with Gasteiger partial charge in [-0.2, -0.15) is 0 Å². The summed E-state index contributed by atoms with van der Waals surface area (Å²) in [6, 6.07) is -0.671. The van der Waals surface area contributed by atoms with Gasteiger partial charge in [-0.3, -0.25) is 9.59 Å². The second-order valence-electron chi connectivity index (χ2n) is 4.23. The first-order valence-electron chi connectivity index (χ1n) is 5.81. The summed E-state index contributed by atoms with van der Waals surface area (Å²) in [7, 11) is 1.28. The van der Waals surface area contributed by atoms with Gasteiger partial charge in [0.1, 0.15) is 0 Å². The molecule has 0 bridgehead atoms. The molecule has 0 aromatic rings. The maximum absolute atomic E-state index is 11.8. The molecule has 1 heterocycles. The molecule has 7 nitrogen and oxygen atoms in total. The zero-order valence-corrected chi connectivity index (χ0v) is 10.5. The van der Waals surface area contributed by atoms with Gasteiger partial charge in [-0.1, -0.05) is 0 Å². The van der Waals surface area contributed by atoms with E-state index in [4.69, 9.17) is 5.11 Å². The molecule has 18 heavy (non-hydrogen) atoms. The summed E-state index contributed by atoms with van der Waals surface area (Å²) in [4.78, 5) is 35.0. The van der Waals surface area contributed by atoms with E-state index in [9.17, 15) is 14.4 Å². The normalized spacial score (nSPS) is 22.7. The van der Waals surface area contributed by atoms with Crippen molar-refractivity contribution in [3.8, 4) is 0 Å². The number of nitrogens with one attached hydrogen (secondary N) is 1. The van der Waals surface area contributed by atoms with E-state index in [-0.39, 0.29) is 25.0 Å². The fourth-order valence-electron chi connectivity index (χ4n) is 2.03. The number of aliphatic carboxylic acids is 1. The third-order valence-corrected chi connectivity index (χ3v) is 3.17. The number of rotatable bonds is 4. The van der Waals surface area contributed by atoms with Crippen LogP contribution in [0.3, 0.4) is 0 Å². The summed E-state index contributed by atoms with van der Waals surface area (Å²) in [5.74, 6) is -1.79. The lowest BCUT2D eigenvalue weighted by atomic mass is 10.0. The van der Waals surface area contributed by atoms with Crippen molar-refractivity contribution >= 4 is 18.0 Å². The molecule has 1 rings (SSSR count). The van der Waals surface area contributed by atoms with Crippen LogP contribution in [0.2, 0.25) is 0 Å². The Bertz CT molecular complexity index is 344. The molecule has 0 aromatic heterocycles. The van der Waals surface area contributed by atoms with E-state index >= 15 is 0 Å². The molecule has 0 saturated carbocycles. The molecule has 1 aliphatic heterocycles. The molecule has 0 aliphatic carbocycles. The third-order valence-electron chi connectivity index (χ3n) is 3.17. The van der Waals surface area contributed by atoms with Crippen LogP contribution in [0.5, 0.6) is 0 Å². The molecular formula is C11H18N2O5. The molecule has 2 N–H and O–H groups in total. The smallest absolute Gasteiger partial charge is 0.317 e. The Labute approximate surface area is 105 Å². The molecule has 2 atom stereocenters. The van der Waals surface area contributed by atoms with Crippen LogP contribution >= 0.6 is 0 Å². The SMILES string of the molecule is COC(=O)CCNC(=O)N1CCC(C(=O)O)C1C. The minimum atomic E-state index is -0.882. The minimum Gasteiger partial charge on any atom is -0.481 e. The Kier molecular flexibility index (Phi) is 4.94. The predicted molar refractivity (Wildman–Crippen MR) is 61.9 cm³/mol. The minimum absolute atomic E-state index is 0.104. The maximum Gasteiger partial charge on any atom is 0.317 e. The number of esters is 1. The number of carboxylic acid groups (broad SMARTS) is 1. The van der Waals surface area contributed by atoms with Crippen molar-refractivity contribution in [3.63, 3.8) is 0 Å². The largest absolute Gasteiger partial charge is 0.481 e. The number of carboxylic acids is 1. The lowest BCUT2D eigenvalue weighted by Crippen LogP contribution is -2.44. The molecule has 1 fully saturated rings. The van der Waals surface area contributed by atoms with Gasteiger partial charge in [0.05, 0.1) is 19.4 Å². The monoisotopic (exact) mass is 258 g/mol. The number of hydrogen-bond donors (Lipinski definition) is 2. The number of urea groups is 1. The van der Waals surface area contributed by atoms with E-state index in [1.807, 2.05) is 0 Å². The molecule has 2 unspecified atom stereocenters. The first kappa shape index (κ1) is 14.3. The van der Waals surface area contributed by atoms with Gasteiger partial charge in [0.2, 0.25) is 0 Å². The Morgan fingerprint density at radius 3 is 2.61 bits per heavy atom. The van der Waals surface area contributed by atoms with Crippen LogP contribution in [-0.4, -0.2) is 54.2 Å². The zero-order valence-electron chi connectivity index (χ0n) is 10.5. The van der Waals surface area contributed by atoms with Gasteiger partial charge in [0.15, 0.2) is 0 Å². The second kappa shape index (κ2) is 6.23. The highest BCUT2D eigenvalue weighted by atomic mass is 16.5. The van der Waals surface area contributed by atoms with Gasteiger partial charge < -0.3 is 20.1 Å². The molecule has 102 valence electrons. The summed E-state index contributed by atoms with van der Waals surface area (Å²) in [6.45, 7) is 2.32. The van der Waals surface area contributed by atoms with Crippen molar-refractivity contribution < 1.29 is 24.2 Å². The predicted octanol–water partition coefficient (Wildman–Crippen LogP) is 0.0541. The average molecular weight is 258 g/mol. The molecule has 0 radical (unpaired) electrons. The van der Waals surface area contributed by atoms with Crippen LogP contribution in [0.15, 0.2) is 0 Å². The number of nitrogens with zero attached hydrogens (tertiary/aromatic N) is 1. The van der Waals surface area contributed by atoms with Crippen LogP contribution in [0, 0.1) is 5.92 Å². The van der Waals surface area contributed by atoms with Crippen LogP contribution < -0.4 is 5.32 Å². The highest BCUT2D eigenvalue weighted by Crippen LogP contribution is 2.24. The Hall–Kier alpha value is -1.79. The van der Waals surface area contributed by atoms with E-state index in [2.05, 4.69) is 10.1 Å². The summed E-state index contributed by atoms with van der Waals surface area (Å²) in [5.41, 5.74) is 0. The van der Waals surface area contributed by atoms with Gasteiger partial charge in [0.25, 0.3) is 0 Å². The van der Waals surface area contributed by atoms with Crippen molar-refractivity contribution in [3.05, 3.63) is 0 Å². The number of likely N-dealkylation sites (tertiary alicyclic amines) is 1. The first-order valence-corrected chi connectivity index (χ1v) is 5.81. The molecule has 2 amide bonds. The molecule has 0 spiro atoms. The standard InChI is InChI=1S/C11H18N2O5/c1-7-8(10(15)16)4-6-13(7)11(17)12-5-3-9(14)18-2/h7-8H,3-6H2,1-2H3,(H,12,17)(H,15,16). The van der Waals surface area contributed by atoms with Gasteiger partial charge in [-0.25, -0.2) is 4.79 Å². The quantitative estimate of drug-likeness (QED) is 0.695. The highest BCUT2D eigenvalue weighted by Gasteiger charge is 2.37. The van der Waals surface area contributed by atoms with Gasteiger partial charge in [-0.05, 0) is 13.3 Å². The van der Waals surface area contributed by atoms with Crippen LogP contribution in [0.4, 0.5) is 4.79 Å². The summed E-state index contributed by atoms with van der Waals surface area (Å²) in [5, 5.41) is 11.5. The fraction of sp³-hybridized carbons (Fsp3) is 0.727. The molecule has 1 aliphatic rings. The number of methoxy groups -OCH3 is 1. The summed E-state index contributed by atoms with van der Waals surface area (Å²) < 4.78 is 4.45. The van der Waals surface area contributed by atoms with Crippen LogP contribution in [0.1, 0.15) is 19.8 Å². The molecular weight excluding hydrogens is 240 g/mol. The van der Waals surface area contributed by atoms with Crippen molar-refractivity contribution in [2.24, 2.45) is 5.92 Å². The Morgan fingerprint density at radius 2 is 2.11 bits per heavy atom. The van der Waals surface area contributed by atoms with E-state index in [1.165, 1.54) is 12.0 Å². The zero-order chi connectivity index (χ0) is 13.7. The van der Waals surface area contributed by atoms with Crippen molar-refractivity contribution in [2.75, 3.05) is 20.2 Å². The van der Waals surface area contributed by atoms with Crippen LogP contribution in [-0.2, 0) is 14.3 Å². The fourth-order valence-corrected chi connectivity index (χ4v) is 2.03. The third kappa shape index (κ3) is 3.35. The van der Waals surface area contributed by atoms with Gasteiger partial charge in [0, 0.05) is 19.1 Å². The maximum atomic E-state index is 11.8.